The summed E-state index contributed by atoms with van der Waals surface area (Å²) in [6.45, 7) is 1.90. The Morgan fingerprint density at radius 2 is 2.15 bits per heavy atom. The zero-order chi connectivity index (χ0) is 10.0. The van der Waals surface area contributed by atoms with Crippen molar-refractivity contribution in [3.63, 3.8) is 0 Å². The third kappa shape index (κ3) is 1.92. The van der Waals surface area contributed by atoms with Crippen LogP contribution in [0.15, 0.2) is 10.7 Å². The highest BCUT2D eigenvalue weighted by Crippen LogP contribution is 2.33. The summed E-state index contributed by atoms with van der Waals surface area (Å²) >= 11 is 3.32. The van der Waals surface area contributed by atoms with Gasteiger partial charge in [0.2, 0.25) is 0 Å². The summed E-state index contributed by atoms with van der Waals surface area (Å²) in [5.74, 6) is 0.424. The average molecular weight is 246 g/mol. The van der Waals surface area contributed by atoms with Crippen molar-refractivity contribution in [3.8, 4) is 0 Å². The van der Waals surface area contributed by atoms with E-state index in [0.717, 1.165) is 5.56 Å². The summed E-state index contributed by atoms with van der Waals surface area (Å²) in [5, 5.41) is 0. The normalized spacial score (nSPS) is 12.8. The Morgan fingerprint density at radius 3 is 2.69 bits per heavy atom. The SMILES string of the molecule is CO[C@@H](C)c1c(N)cnc(N)c1Br. The third-order valence-corrected chi connectivity index (χ3v) is 2.71. The molecule has 0 amide bonds. The van der Waals surface area contributed by atoms with Crippen molar-refractivity contribution in [1.82, 2.24) is 4.98 Å². The number of hydrogen-bond donors (Lipinski definition) is 2. The zero-order valence-corrected chi connectivity index (χ0v) is 9.13. The molecule has 4 nitrogen and oxygen atoms in total. The van der Waals surface area contributed by atoms with Crippen LogP contribution in [0.5, 0.6) is 0 Å². The first-order valence-corrected chi connectivity index (χ1v) is 4.59. The van der Waals surface area contributed by atoms with Gasteiger partial charge in [0.1, 0.15) is 5.82 Å². The number of nitrogens with zero attached hydrogens (tertiary/aromatic N) is 1. The molecule has 1 aromatic rings. The molecular formula is C8H12BrN3O. The topological polar surface area (TPSA) is 74.2 Å². The van der Waals surface area contributed by atoms with Crippen LogP contribution < -0.4 is 11.5 Å². The number of nitrogen functional groups attached to an aromatic ring is 2. The highest BCUT2D eigenvalue weighted by atomic mass is 79.9. The van der Waals surface area contributed by atoms with E-state index in [1.807, 2.05) is 6.92 Å². The minimum absolute atomic E-state index is 0.0975. The minimum atomic E-state index is -0.0975. The molecule has 0 fully saturated rings. The molecule has 1 heterocycles. The molecule has 0 aromatic carbocycles. The van der Waals surface area contributed by atoms with Gasteiger partial charge in [-0.05, 0) is 22.9 Å². The van der Waals surface area contributed by atoms with Gasteiger partial charge in [0, 0.05) is 12.7 Å². The average Bonchev–Trinajstić information content (AvgIpc) is 2.12. The van der Waals surface area contributed by atoms with Crippen LogP contribution >= 0.6 is 15.9 Å². The van der Waals surface area contributed by atoms with Crippen LogP contribution in [0.3, 0.4) is 0 Å². The van der Waals surface area contributed by atoms with Crippen molar-refractivity contribution in [2.45, 2.75) is 13.0 Å². The molecular weight excluding hydrogens is 234 g/mol. The van der Waals surface area contributed by atoms with E-state index in [4.69, 9.17) is 16.2 Å². The van der Waals surface area contributed by atoms with E-state index in [9.17, 15) is 0 Å². The predicted octanol–water partition coefficient (Wildman–Crippen LogP) is 1.72. The standard InChI is InChI=1S/C8H12BrN3O/c1-4(13-2)6-5(10)3-12-8(11)7(6)9/h3-4H,10H2,1-2H3,(H2,11,12)/t4-/m0/s1. The summed E-state index contributed by atoms with van der Waals surface area (Å²) in [7, 11) is 1.62. The Balaban J connectivity index is 3.25. The van der Waals surface area contributed by atoms with Gasteiger partial charge in [-0.25, -0.2) is 4.98 Å². The number of methoxy groups -OCH3 is 1. The van der Waals surface area contributed by atoms with Crippen LogP contribution in [0.1, 0.15) is 18.6 Å². The van der Waals surface area contributed by atoms with Gasteiger partial charge >= 0.3 is 0 Å². The fraction of sp³-hybridized carbons (Fsp3) is 0.375. The summed E-state index contributed by atoms with van der Waals surface area (Å²) in [5.41, 5.74) is 12.8. The molecule has 4 N–H and O–H groups in total. The minimum Gasteiger partial charge on any atom is -0.397 e. The smallest absolute Gasteiger partial charge is 0.138 e. The van der Waals surface area contributed by atoms with Crippen LogP contribution in [0.2, 0.25) is 0 Å². The monoisotopic (exact) mass is 245 g/mol. The molecule has 0 saturated carbocycles. The second-order valence-corrected chi connectivity index (χ2v) is 3.50. The van der Waals surface area contributed by atoms with Crippen LogP contribution in [0.4, 0.5) is 11.5 Å². The second kappa shape index (κ2) is 3.93. The molecule has 5 heteroatoms. The highest BCUT2D eigenvalue weighted by Gasteiger charge is 2.14. The molecule has 0 radical (unpaired) electrons. The first-order chi connectivity index (χ1) is 6.07. The van der Waals surface area contributed by atoms with E-state index in [-0.39, 0.29) is 6.10 Å². The van der Waals surface area contributed by atoms with Gasteiger partial charge in [0.15, 0.2) is 0 Å². The number of rotatable bonds is 2. The van der Waals surface area contributed by atoms with E-state index in [0.29, 0.717) is 16.0 Å². The number of ether oxygens (including phenoxy) is 1. The van der Waals surface area contributed by atoms with E-state index in [1.54, 1.807) is 7.11 Å². The molecule has 0 spiro atoms. The number of halogens is 1. The number of pyridine rings is 1. The molecule has 0 aliphatic heterocycles. The molecule has 72 valence electrons. The maximum atomic E-state index is 5.74. The molecule has 13 heavy (non-hydrogen) atoms. The second-order valence-electron chi connectivity index (χ2n) is 2.70. The summed E-state index contributed by atoms with van der Waals surface area (Å²) < 4.78 is 5.87. The van der Waals surface area contributed by atoms with Crippen LogP contribution in [0.25, 0.3) is 0 Å². The van der Waals surface area contributed by atoms with Gasteiger partial charge in [0.25, 0.3) is 0 Å². The Kier molecular flexibility index (Phi) is 3.11. The molecule has 0 bridgehead atoms. The Morgan fingerprint density at radius 1 is 1.54 bits per heavy atom. The van der Waals surface area contributed by atoms with E-state index >= 15 is 0 Å². The molecule has 1 aromatic heterocycles. The van der Waals surface area contributed by atoms with Gasteiger partial charge in [-0.2, -0.15) is 0 Å². The third-order valence-electron chi connectivity index (χ3n) is 1.88. The summed E-state index contributed by atoms with van der Waals surface area (Å²) in [6, 6.07) is 0. The van der Waals surface area contributed by atoms with E-state index < -0.39 is 0 Å². The predicted molar refractivity (Wildman–Crippen MR) is 56.2 cm³/mol. The summed E-state index contributed by atoms with van der Waals surface area (Å²) in [6.07, 6.45) is 1.44. The Bertz CT molecular complexity index is 317. The molecule has 1 atom stereocenters. The van der Waals surface area contributed by atoms with Gasteiger partial charge in [0.05, 0.1) is 22.5 Å². The zero-order valence-electron chi connectivity index (χ0n) is 7.54. The van der Waals surface area contributed by atoms with Crippen molar-refractivity contribution in [2.24, 2.45) is 0 Å². The largest absolute Gasteiger partial charge is 0.397 e. The lowest BCUT2D eigenvalue weighted by Crippen LogP contribution is -2.06. The highest BCUT2D eigenvalue weighted by molar-refractivity contribution is 9.10. The first-order valence-electron chi connectivity index (χ1n) is 3.80. The van der Waals surface area contributed by atoms with Crippen LogP contribution in [-0.4, -0.2) is 12.1 Å². The van der Waals surface area contributed by atoms with Crippen LogP contribution in [-0.2, 0) is 4.74 Å². The summed E-state index contributed by atoms with van der Waals surface area (Å²) in [4.78, 5) is 3.91. The lowest BCUT2D eigenvalue weighted by atomic mass is 10.1. The Labute approximate surface area is 85.4 Å². The van der Waals surface area contributed by atoms with Gasteiger partial charge < -0.3 is 16.2 Å². The van der Waals surface area contributed by atoms with Crippen molar-refractivity contribution in [2.75, 3.05) is 18.6 Å². The lowest BCUT2D eigenvalue weighted by Gasteiger charge is -2.15. The molecule has 0 aliphatic rings. The van der Waals surface area contributed by atoms with Crippen molar-refractivity contribution < 1.29 is 4.74 Å². The molecule has 1 rings (SSSR count). The Hall–Kier alpha value is -0.810. The first kappa shape index (κ1) is 10.3. The van der Waals surface area contributed by atoms with Crippen molar-refractivity contribution in [1.29, 1.82) is 0 Å². The molecule has 0 unspecified atom stereocenters. The maximum absolute atomic E-state index is 5.74. The van der Waals surface area contributed by atoms with Gasteiger partial charge in [-0.3, -0.25) is 0 Å². The van der Waals surface area contributed by atoms with Crippen molar-refractivity contribution >= 4 is 27.4 Å². The molecule has 0 saturated heterocycles. The van der Waals surface area contributed by atoms with Crippen LogP contribution in [0, 0.1) is 0 Å². The van der Waals surface area contributed by atoms with Crippen molar-refractivity contribution in [3.05, 3.63) is 16.2 Å². The maximum Gasteiger partial charge on any atom is 0.138 e. The van der Waals surface area contributed by atoms with E-state index in [1.165, 1.54) is 6.20 Å². The van der Waals surface area contributed by atoms with Gasteiger partial charge in [-0.1, -0.05) is 0 Å². The number of aromatic nitrogens is 1. The number of nitrogens with two attached hydrogens (primary N) is 2. The molecule has 0 aliphatic carbocycles. The van der Waals surface area contributed by atoms with Gasteiger partial charge in [-0.15, -0.1) is 0 Å². The number of anilines is 2. The van der Waals surface area contributed by atoms with E-state index in [2.05, 4.69) is 20.9 Å². The lowest BCUT2D eigenvalue weighted by molar-refractivity contribution is 0.119. The number of hydrogen-bond acceptors (Lipinski definition) is 4. The fourth-order valence-corrected chi connectivity index (χ4v) is 1.71. The fourth-order valence-electron chi connectivity index (χ4n) is 1.06. The quantitative estimate of drug-likeness (QED) is 0.833.